The topological polar surface area (TPSA) is 70.3 Å². The van der Waals surface area contributed by atoms with Crippen LogP contribution in [0.5, 0.6) is 11.5 Å². The summed E-state index contributed by atoms with van der Waals surface area (Å²) in [6.45, 7) is 0.424. The summed E-state index contributed by atoms with van der Waals surface area (Å²) >= 11 is 0. The molecule has 1 aromatic carbocycles. The largest absolute Gasteiger partial charge is 0.485 e. The van der Waals surface area contributed by atoms with E-state index in [9.17, 15) is 0 Å². The molecule has 3 rings (SSSR count). The second-order valence-electron chi connectivity index (χ2n) is 3.73. The molecule has 17 heavy (non-hydrogen) atoms. The molecule has 0 radical (unpaired) electrons. The molecule has 5 heteroatoms. The molecule has 2 heterocycles. The lowest BCUT2D eigenvalue weighted by molar-refractivity contribution is 0.0883. The molecule has 2 aromatic rings. The molecule has 1 aliphatic rings. The van der Waals surface area contributed by atoms with E-state index in [0.29, 0.717) is 12.4 Å². The number of aromatic nitrogens is 2. The first-order valence-corrected chi connectivity index (χ1v) is 5.29. The molecular weight excluding hydrogens is 218 g/mol. The highest BCUT2D eigenvalue weighted by atomic mass is 16.6. The van der Waals surface area contributed by atoms with E-state index in [1.807, 2.05) is 24.3 Å². The second kappa shape index (κ2) is 3.93. The van der Waals surface area contributed by atoms with E-state index < -0.39 is 0 Å². The van der Waals surface area contributed by atoms with Gasteiger partial charge in [-0.25, -0.2) is 9.97 Å². The van der Waals surface area contributed by atoms with E-state index in [4.69, 9.17) is 15.2 Å². The van der Waals surface area contributed by atoms with Gasteiger partial charge in [0.2, 0.25) is 0 Å². The predicted molar refractivity (Wildman–Crippen MR) is 61.8 cm³/mol. The van der Waals surface area contributed by atoms with Gasteiger partial charge in [0, 0.05) is 6.07 Å². The van der Waals surface area contributed by atoms with Gasteiger partial charge in [0.1, 0.15) is 18.8 Å². The lowest BCUT2D eigenvalue weighted by atomic mass is 10.2. The molecule has 0 saturated carbocycles. The number of benzene rings is 1. The van der Waals surface area contributed by atoms with Gasteiger partial charge >= 0.3 is 0 Å². The van der Waals surface area contributed by atoms with E-state index >= 15 is 0 Å². The zero-order valence-electron chi connectivity index (χ0n) is 9.04. The molecule has 5 nitrogen and oxygen atoms in total. The van der Waals surface area contributed by atoms with Crippen LogP contribution in [0.15, 0.2) is 36.7 Å². The minimum absolute atomic E-state index is 0.241. The fraction of sp³-hybridized carbons (Fsp3) is 0.167. The van der Waals surface area contributed by atoms with Crippen LogP contribution in [0.25, 0.3) is 0 Å². The lowest BCUT2D eigenvalue weighted by Crippen LogP contribution is -2.22. The minimum Gasteiger partial charge on any atom is -0.485 e. The first kappa shape index (κ1) is 9.89. The van der Waals surface area contributed by atoms with Crippen molar-refractivity contribution >= 4 is 5.82 Å². The summed E-state index contributed by atoms with van der Waals surface area (Å²) in [5, 5.41) is 0. The number of nitrogens with zero attached hydrogens (tertiary/aromatic N) is 2. The Balaban J connectivity index is 1.89. The molecule has 0 saturated heterocycles. The number of rotatable bonds is 1. The summed E-state index contributed by atoms with van der Waals surface area (Å²) in [7, 11) is 0. The van der Waals surface area contributed by atoms with Crippen LogP contribution in [-0.2, 0) is 0 Å². The lowest BCUT2D eigenvalue weighted by Gasteiger charge is -2.25. The van der Waals surface area contributed by atoms with Crippen molar-refractivity contribution in [3.63, 3.8) is 0 Å². The van der Waals surface area contributed by atoms with Crippen molar-refractivity contribution in [2.75, 3.05) is 12.3 Å². The van der Waals surface area contributed by atoms with Crippen LogP contribution >= 0.6 is 0 Å². The Morgan fingerprint density at radius 2 is 2.00 bits per heavy atom. The van der Waals surface area contributed by atoms with E-state index in [2.05, 4.69) is 9.97 Å². The molecule has 0 aliphatic carbocycles. The maximum absolute atomic E-state index is 5.80. The Hall–Kier alpha value is -2.30. The maximum Gasteiger partial charge on any atom is 0.175 e. The van der Waals surface area contributed by atoms with Gasteiger partial charge in [-0.2, -0.15) is 0 Å². The fourth-order valence-corrected chi connectivity index (χ4v) is 1.73. The van der Waals surface area contributed by atoms with E-state index in [-0.39, 0.29) is 6.10 Å². The van der Waals surface area contributed by atoms with Crippen molar-refractivity contribution in [1.29, 1.82) is 0 Å². The first-order chi connectivity index (χ1) is 8.33. The van der Waals surface area contributed by atoms with Gasteiger partial charge in [-0.1, -0.05) is 12.1 Å². The molecule has 0 bridgehead atoms. The number of hydrogen-bond acceptors (Lipinski definition) is 5. The van der Waals surface area contributed by atoms with Gasteiger partial charge < -0.3 is 15.2 Å². The molecule has 0 fully saturated rings. The van der Waals surface area contributed by atoms with Crippen molar-refractivity contribution in [2.24, 2.45) is 0 Å². The number of fused-ring (bicyclic) bond motifs is 1. The summed E-state index contributed by atoms with van der Waals surface area (Å²) in [4.78, 5) is 7.99. The normalized spacial score (nSPS) is 17.8. The number of ether oxygens (including phenoxy) is 2. The first-order valence-electron chi connectivity index (χ1n) is 5.29. The quantitative estimate of drug-likeness (QED) is 0.803. The van der Waals surface area contributed by atoms with Crippen LogP contribution in [0.4, 0.5) is 5.82 Å². The van der Waals surface area contributed by atoms with Crippen molar-refractivity contribution in [1.82, 2.24) is 9.97 Å². The summed E-state index contributed by atoms with van der Waals surface area (Å²) in [6, 6.07) is 9.25. The van der Waals surface area contributed by atoms with E-state index in [1.165, 1.54) is 6.33 Å². The highest BCUT2D eigenvalue weighted by Crippen LogP contribution is 2.35. The Morgan fingerprint density at radius 1 is 1.18 bits per heavy atom. The Kier molecular flexibility index (Phi) is 2.29. The monoisotopic (exact) mass is 229 g/mol. The molecule has 86 valence electrons. The molecular formula is C12H11N3O2. The predicted octanol–water partition coefficient (Wildman–Crippen LogP) is 1.57. The van der Waals surface area contributed by atoms with E-state index in [0.717, 1.165) is 17.2 Å². The zero-order chi connectivity index (χ0) is 11.7. The van der Waals surface area contributed by atoms with Crippen molar-refractivity contribution in [2.45, 2.75) is 6.10 Å². The summed E-state index contributed by atoms with van der Waals surface area (Å²) in [6.07, 6.45) is 1.18. The number of anilines is 1. The van der Waals surface area contributed by atoms with Gasteiger partial charge in [-0.3, -0.25) is 0 Å². The summed E-state index contributed by atoms with van der Waals surface area (Å²) in [5.74, 6) is 1.91. The van der Waals surface area contributed by atoms with Gasteiger partial charge in [0.25, 0.3) is 0 Å². The van der Waals surface area contributed by atoms with Crippen LogP contribution in [0.2, 0.25) is 0 Å². The standard InChI is InChI=1S/C12H11N3O2/c13-12-5-8(14-7-15-12)11-6-16-9-3-1-2-4-10(9)17-11/h1-5,7,11H,6H2,(H2,13,14,15)/t11-/m0/s1. The van der Waals surface area contributed by atoms with Gasteiger partial charge in [-0.05, 0) is 12.1 Å². The third kappa shape index (κ3) is 1.87. The molecule has 1 aliphatic heterocycles. The van der Waals surface area contributed by atoms with Gasteiger partial charge in [-0.15, -0.1) is 0 Å². The van der Waals surface area contributed by atoms with Crippen LogP contribution < -0.4 is 15.2 Å². The third-order valence-corrected chi connectivity index (χ3v) is 2.55. The van der Waals surface area contributed by atoms with Gasteiger partial charge in [0.15, 0.2) is 17.6 Å². The highest BCUT2D eigenvalue weighted by molar-refractivity contribution is 5.41. The highest BCUT2D eigenvalue weighted by Gasteiger charge is 2.23. The fourth-order valence-electron chi connectivity index (χ4n) is 1.73. The van der Waals surface area contributed by atoms with Crippen LogP contribution in [0, 0.1) is 0 Å². The van der Waals surface area contributed by atoms with Crippen molar-refractivity contribution in [3.8, 4) is 11.5 Å². The SMILES string of the molecule is Nc1cc([C@@H]2COc3ccccc3O2)ncn1. The Labute approximate surface area is 98.2 Å². The average Bonchev–Trinajstić information content (AvgIpc) is 2.38. The molecule has 1 aromatic heterocycles. The Morgan fingerprint density at radius 3 is 2.82 bits per heavy atom. The minimum atomic E-state index is -0.241. The van der Waals surface area contributed by atoms with Crippen LogP contribution in [0.1, 0.15) is 11.8 Å². The summed E-state index contributed by atoms with van der Waals surface area (Å²) in [5.41, 5.74) is 6.34. The number of hydrogen-bond donors (Lipinski definition) is 1. The molecule has 0 spiro atoms. The smallest absolute Gasteiger partial charge is 0.175 e. The second-order valence-corrected chi connectivity index (χ2v) is 3.73. The van der Waals surface area contributed by atoms with E-state index in [1.54, 1.807) is 6.07 Å². The average molecular weight is 229 g/mol. The Bertz CT molecular complexity index is 545. The number of nitrogens with two attached hydrogens (primary N) is 1. The van der Waals surface area contributed by atoms with Gasteiger partial charge in [0.05, 0.1) is 5.69 Å². The molecule has 0 amide bonds. The molecule has 1 atom stereocenters. The molecule has 0 unspecified atom stereocenters. The number of para-hydroxylation sites is 2. The van der Waals surface area contributed by atoms with Crippen molar-refractivity contribution < 1.29 is 9.47 Å². The third-order valence-electron chi connectivity index (χ3n) is 2.55. The number of nitrogen functional groups attached to an aromatic ring is 1. The zero-order valence-corrected chi connectivity index (χ0v) is 9.04. The maximum atomic E-state index is 5.80. The molecule has 2 N–H and O–H groups in total. The van der Waals surface area contributed by atoms with Crippen LogP contribution in [-0.4, -0.2) is 16.6 Å². The summed E-state index contributed by atoms with van der Waals surface area (Å²) < 4.78 is 11.4. The van der Waals surface area contributed by atoms with Crippen LogP contribution in [0.3, 0.4) is 0 Å². The van der Waals surface area contributed by atoms with Crippen molar-refractivity contribution in [3.05, 3.63) is 42.4 Å².